The monoisotopic (exact) mass is 87.0 g/mol. The second-order valence-electron chi connectivity index (χ2n) is 0.492. The summed E-state index contributed by atoms with van der Waals surface area (Å²) in [5, 5.41) is 9.10. The first-order valence-corrected chi connectivity index (χ1v) is 1.33. The van der Waals surface area contributed by atoms with Crippen LogP contribution in [-0.2, 0) is 4.94 Å². The molecule has 4 nitrogen and oxygen atoms in total. The van der Waals surface area contributed by atoms with Gasteiger partial charge in [0.05, 0.1) is 12.3 Å². The fourth-order valence-electron chi connectivity index (χ4n) is 0.0623. The minimum Gasteiger partial charge on any atom is -0.225 e. The third kappa shape index (κ3) is 3.07. The molecule has 0 aliphatic carbocycles. The third-order valence-corrected chi connectivity index (χ3v) is 0.176. The first-order chi connectivity index (χ1) is 2.91. The van der Waals surface area contributed by atoms with Crippen molar-refractivity contribution >= 4 is 6.72 Å². The number of oxime groups is 1. The minimum atomic E-state index is 1.48. The molecule has 0 amide bonds. The van der Waals surface area contributed by atoms with Gasteiger partial charge in [0.25, 0.3) is 0 Å². The molecule has 4 heteroatoms. The minimum absolute atomic E-state index is 1.48. The highest BCUT2D eigenvalue weighted by Crippen LogP contribution is 1.71. The molecule has 0 rings (SSSR count). The van der Waals surface area contributed by atoms with Crippen molar-refractivity contribution in [2.45, 2.75) is 0 Å². The van der Waals surface area contributed by atoms with Crippen molar-refractivity contribution in [1.29, 1.82) is 0 Å². The Morgan fingerprint density at radius 1 is 1.67 bits per heavy atom. The van der Waals surface area contributed by atoms with Crippen LogP contribution in [0.5, 0.6) is 0 Å². The van der Waals surface area contributed by atoms with E-state index in [1.807, 2.05) is 0 Å². The zero-order valence-electron chi connectivity index (χ0n) is 3.46. The fourth-order valence-corrected chi connectivity index (χ4v) is 0.0623. The summed E-state index contributed by atoms with van der Waals surface area (Å²) in [5.41, 5.74) is 0. The summed E-state index contributed by atoms with van der Waals surface area (Å²) in [6, 6.07) is 0. The Kier molecular flexibility index (Phi) is 3.44. The van der Waals surface area contributed by atoms with Gasteiger partial charge in [-0.05, 0) is 0 Å². The van der Waals surface area contributed by atoms with Crippen molar-refractivity contribution in [2.24, 2.45) is 15.5 Å². The van der Waals surface area contributed by atoms with Crippen molar-refractivity contribution < 1.29 is 4.94 Å². The van der Waals surface area contributed by atoms with E-state index in [1.54, 1.807) is 0 Å². The van der Waals surface area contributed by atoms with E-state index in [4.69, 9.17) is 0 Å². The molecule has 0 aromatic heterocycles. The first-order valence-electron chi connectivity index (χ1n) is 1.33. The van der Waals surface area contributed by atoms with Crippen molar-refractivity contribution in [3.05, 3.63) is 0 Å². The molecule has 0 fully saturated rings. The Balaban J connectivity index is 2.85. The zero-order chi connectivity index (χ0) is 4.83. The van der Waals surface area contributed by atoms with Crippen LogP contribution in [0.2, 0.25) is 0 Å². The molecule has 0 bridgehead atoms. The zero-order valence-corrected chi connectivity index (χ0v) is 3.46. The van der Waals surface area contributed by atoms with Crippen LogP contribution in [0.3, 0.4) is 0 Å². The van der Waals surface area contributed by atoms with Crippen LogP contribution in [0.4, 0.5) is 0 Å². The first kappa shape index (κ1) is 5.07. The highest BCUT2D eigenvalue weighted by molar-refractivity contribution is 5.21. The van der Waals surface area contributed by atoms with E-state index in [9.17, 15) is 0 Å². The van der Waals surface area contributed by atoms with E-state index in [0.717, 1.165) is 0 Å². The van der Waals surface area contributed by atoms with Gasteiger partial charge in [-0.3, -0.25) is 0 Å². The molecule has 0 saturated heterocycles. The summed E-state index contributed by atoms with van der Waals surface area (Å²) in [5.74, 6) is 0. The van der Waals surface area contributed by atoms with Gasteiger partial charge >= 0.3 is 0 Å². The Morgan fingerprint density at radius 2 is 2.33 bits per heavy atom. The topological polar surface area (TPSA) is 46.3 Å². The molecule has 0 aliphatic rings. The van der Waals surface area contributed by atoms with Crippen molar-refractivity contribution in [1.82, 2.24) is 0 Å². The predicted molar refractivity (Wildman–Crippen MR) is 21.4 cm³/mol. The SMILES string of the molecule is C=NON=NC. The molecule has 0 radical (unpaired) electrons. The Labute approximate surface area is 35.5 Å². The van der Waals surface area contributed by atoms with Gasteiger partial charge in [-0.2, -0.15) is 5.11 Å². The summed E-state index contributed by atoms with van der Waals surface area (Å²) in [6.45, 7) is 2.97. The maximum Gasteiger partial charge on any atom is 0.0529 e. The molecule has 34 valence electrons. The summed E-state index contributed by atoms with van der Waals surface area (Å²) in [4.78, 5) is 3.95. The Hall–Kier alpha value is -0.930. The van der Waals surface area contributed by atoms with Gasteiger partial charge in [0.1, 0.15) is 0 Å². The van der Waals surface area contributed by atoms with Crippen LogP contribution >= 0.6 is 0 Å². The van der Waals surface area contributed by atoms with Crippen LogP contribution < -0.4 is 0 Å². The van der Waals surface area contributed by atoms with Gasteiger partial charge in [-0.1, -0.05) is 5.16 Å². The summed E-state index contributed by atoms with van der Waals surface area (Å²) < 4.78 is 0. The Morgan fingerprint density at radius 3 is 2.50 bits per heavy atom. The number of nitrogens with zero attached hydrogens (tertiary/aromatic N) is 3. The smallest absolute Gasteiger partial charge is 0.0529 e. The second kappa shape index (κ2) is 4.07. The molecular formula is C2H5N3O. The lowest BCUT2D eigenvalue weighted by molar-refractivity contribution is 0.136. The molecule has 6 heavy (non-hydrogen) atoms. The van der Waals surface area contributed by atoms with E-state index >= 15 is 0 Å². The number of hydrogen-bond acceptors (Lipinski definition) is 4. The van der Waals surface area contributed by atoms with Crippen molar-refractivity contribution in [2.75, 3.05) is 7.05 Å². The quantitative estimate of drug-likeness (QED) is 0.276. The lowest BCUT2D eigenvalue weighted by Crippen LogP contribution is -1.58. The fraction of sp³-hybridized carbons (Fsp3) is 0.500. The van der Waals surface area contributed by atoms with Crippen LogP contribution in [0.25, 0.3) is 0 Å². The van der Waals surface area contributed by atoms with Gasteiger partial charge in [-0.15, -0.1) is 0 Å². The number of rotatable bonds is 2. The molecule has 0 aliphatic heterocycles. The molecule has 0 N–H and O–H groups in total. The van der Waals surface area contributed by atoms with Crippen molar-refractivity contribution in [3.8, 4) is 0 Å². The lowest BCUT2D eigenvalue weighted by Gasteiger charge is -1.73. The summed E-state index contributed by atoms with van der Waals surface area (Å²) >= 11 is 0. The van der Waals surface area contributed by atoms with E-state index in [2.05, 4.69) is 27.2 Å². The number of hydrogen-bond donors (Lipinski definition) is 0. The van der Waals surface area contributed by atoms with Crippen LogP contribution in [-0.4, -0.2) is 13.8 Å². The standard InChI is InChI=1S/C2H5N3O/c1-3-5-6-4-2/h2H2,1H3. The molecule has 0 aromatic rings. The maximum atomic E-state index is 3.95. The average molecular weight is 87.1 g/mol. The molecule has 0 saturated carbocycles. The van der Waals surface area contributed by atoms with Crippen LogP contribution in [0.15, 0.2) is 15.5 Å². The van der Waals surface area contributed by atoms with Gasteiger partial charge in [0.2, 0.25) is 0 Å². The predicted octanol–water partition coefficient (Wildman–Crippen LogP) is 0.616. The Bertz CT molecular complexity index is 59.8. The van der Waals surface area contributed by atoms with E-state index < -0.39 is 0 Å². The van der Waals surface area contributed by atoms with Gasteiger partial charge in [0, 0.05) is 6.72 Å². The second-order valence-corrected chi connectivity index (χ2v) is 0.492. The highest BCUT2D eigenvalue weighted by Gasteiger charge is 1.55. The van der Waals surface area contributed by atoms with Crippen LogP contribution in [0, 0.1) is 0 Å². The normalized spacial score (nSPS) is 8.83. The molecule has 0 unspecified atom stereocenters. The molecule has 0 aromatic carbocycles. The van der Waals surface area contributed by atoms with Crippen LogP contribution in [0.1, 0.15) is 0 Å². The lowest BCUT2D eigenvalue weighted by atomic mass is 11.6. The largest absolute Gasteiger partial charge is 0.225 e. The molecule has 0 atom stereocenters. The molecule has 0 spiro atoms. The molecule has 0 heterocycles. The molecular weight excluding hydrogens is 82.0 g/mol. The van der Waals surface area contributed by atoms with Crippen molar-refractivity contribution in [3.63, 3.8) is 0 Å². The van der Waals surface area contributed by atoms with E-state index in [-0.39, 0.29) is 0 Å². The highest BCUT2D eigenvalue weighted by atomic mass is 16.8. The van der Waals surface area contributed by atoms with E-state index in [0.29, 0.717) is 0 Å². The van der Waals surface area contributed by atoms with E-state index in [1.165, 1.54) is 7.05 Å². The van der Waals surface area contributed by atoms with Gasteiger partial charge < -0.3 is 0 Å². The summed E-state index contributed by atoms with van der Waals surface area (Å²) in [6.07, 6.45) is 0. The summed E-state index contributed by atoms with van der Waals surface area (Å²) in [7, 11) is 1.48. The average Bonchev–Trinajstić information content (AvgIpc) is 1.61. The third-order valence-electron chi connectivity index (χ3n) is 0.176. The van der Waals surface area contributed by atoms with Gasteiger partial charge in [0.15, 0.2) is 0 Å². The van der Waals surface area contributed by atoms with Gasteiger partial charge in [-0.25, -0.2) is 4.94 Å². The maximum absolute atomic E-state index is 3.95.